The molecule has 7 heteroatoms. The first-order valence-corrected chi connectivity index (χ1v) is 9.19. The molecule has 148 valence electrons. The third-order valence-electron chi connectivity index (χ3n) is 4.77. The molecule has 3 rings (SSSR count). The quantitative estimate of drug-likeness (QED) is 0.826. The predicted molar refractivity (Wildman–Crippen MR) is 108 cm³/mol. The number of hydrogen-bond acceptors (Lipinski definition) is 4. The number of ether oxygens (including phenoxy) is 2. The number of anilines is 2. The summed E-state index contributed by atoms with van der Waals surface area (Å²) in [6.07, 6.45) is 1.40. The highest BCUT2D eigenvalue weighted by molar-refractivity contribution is 6.00. The van der Waals surface area contributed by atoms with Crippen LogP contribution in [0.5, 0.6) is 11.5 Å². The highest BCUT2D eigenvalue weighted by Gasteiger charge is 2.34. The molecule has 0 unspecified atom stereocenters. The maximum atomic E-state index is 12.8. The van der Waals surface area contributed by atoms with Gasteiger partial charge in [-0.1, -0.05) is 6.07 Å². The monoisotopic (exact) mass is 383 g/mol. The summed E-state index contributed by atoms with van der Waals surface area (Å²) in [7, 11) is 3.15. The minimum atomic E-state index is -0.525. The molecule has 1 heterocycles. The summed E-state index contributed by atoms with van der Waals surface area (Å²) < 4.78 is 10.4. The van der Waals surface area contributed by atoms with Gasteiger partial charge in [0.2, 0.25) is 5.91 Å². The zero-order chi connectivity index (χ0) is 20.1. The van der Waals surface area contributed by atoms with Crippen LogP contribution in [-0.4, -0.2) is 43.6 Å². The maximum absolute atomic E-state index is 12.8. The van der Waals surface area contributed by atoms with Gasteiger partial charge in [0.05, 0.1) is 19.9 Å². The van der Waals surface area contributed by atoms with E-state index in [1.54, 1.807) is 43.4 Å². The van der Waals surface area contributed by atoms with Crippen LogP contribution in [0.3, 0.4) is 0 Å². The second kappa shape index (κ2) is 8.65. The minimum absolute atomic E-state index is 0.216. The standard InChI is InChI=1S/C21H25N3O4/c1-14-6-11-19(28-3)17(13-14)23-20(25)18-5-4-12-24(18)21(26)22-15-7-9-16(27-2)10-8-15/h6-11,13,18H,4-5,12H2,1-3H3,(H,22,26)(H,23,25)/t18-/m0/s1. The maximum Gasteiger partial charge on any atom is 0.322 e. The van der Waals surface area contributed by atoms with E-state index in [1.165, 1.54) is 0 Å². The molecule has 3 amide bonds. The first-order valence-electron chi connectivity index (χ1n) is 9.19. The Hall–Kier alpha value is -3.22. The fraction of sp³-hybridized carbons (Fsp3) is 0.333. The Morgan fingerprint density at radius 3 is 2.46 bits per heavy atom. The van der Waals surface area contributed by atoms with Crippen molar-refractivity contribution in [1.82, 2.24) is 4.90 Å². The van der Waals surface area contributed by atoms with E-state index in [2.05, 4.69) is 10.6 Å². The van der Waals surface area contributed by atoms with Crippen molar-refractivity contribution in [3.63, 3.8) is 0 Å². The number of rotatable bonds is 5. The molecule has 0 saturated carbocycles. The van der Waals surface area contributed by atoms with Crippen LogP contribution in [0.1, 0.15) is 18.4 Å². The van der Waals surface area contributed by atoms with E-state index in [4.69, 9.17) is 9.47 Å². The number of hydrogen-bond donors (Lipinski definition) is 2. The van der Waals surface area contributed by atoms with Crippen molar-refractivity contribution in [3.8, 4) is 11.5 Å². The molecule has 1 fully saturated rings. The summed E-state index contributed by atoms with van der Waals surface area (Å²) in [6, 6.07) is 11.8. The topological polar surface area (TPSA) is 79.9 Å². The average Bonchev–Trinajstić information content (AvgIpc) is 3.19. The van der Waals surface area contributed by atoms with Crippen molar-refractivity contribution in [3.05, 3.63) is 48.0 Å². The highest BCUT2D eigenvalue weighted by atomic mass is 16.5. The molecule has 28 heavy (non-hydrogen) atoms. The van der Waals surface area contributed by atoms with Crippen LogP contribution < -0.4 is 20.1 Å². The number of aryl methyl sites for hydroxylation is 1. The normalized spacial score (nSPS) is 15.8. The molecule has 7 nitrogen and oxygen atoms in total. The van der Waals surface area contributed by atoms with Gasteiger partial charge >= 0.3 is 6.03 Å². The number of methoxy groups -OCH3 is 2. The van der Waals surface area contributed by atoms with E-state index in [1.807, 2.05) is 25.1 Å². The van der Waals surface area contributed by atoms with E-state index < -0.39 is 6.04 Å². The van der Waals surface area contributed by atoms with Crippen LogP contribution >= 0.6 is 0 Å². The van der Waals surface area contributed by atoms with E-state index in [-0.39, 0.29) is 11.9 Å². The van der Waals surface area contributed by atoms with Crippen molar-refractivity contribution in [1.29, 1.82) is 0 Å². The number of likely N-dealkylation sites (tertiary alicyclic amines) is 1. The summed E-state index contributed by atoms with van der Waals surface area (Å²) in [5.74, 6) is 1.08. The zero-order valence-corrected chi connectivity index (χ0v) is 16.3. The lowest BCUT2D eigenvalue weighted by Crippen LogP contribution is -2.45. The van der Waals surface area contributed by atoms with E-state index >= 15 is 0 Å². The molecule has 1 aliphatic heterocycles. The summed E-state index contributed by atoms with van der Waals surface area (Å²) in [5.41, 5.74) is 2.27. The molecular weight excluding hydrogens is 358 g/mol. The van der Waals surface area contributed by atoms with Gasteiger partial charge in [0.15, 0.2) is 0 Å². The molecular formula is C21H25N3O4. The van der Waals surface area contributed by atoms with Crippen molar-refractivity contribution < 1.29 is 19.1 Å². The second-order valence-electron chi connectivity index (χ2n) is 6.70. The lowest BCUT2D eigenvalue weighted by atomic mass is 10.1. The van der Waals surface area contributed by atoms with Crippen LogP contribution in [0.25, 0.3) is 0 Å². The van der Waals surface area contributed by atoms with Gasteiger partial charge in [-0.3, -0.25) is 4.79 Å². The number of amides is 3. The van der Waals surface area contributed by atoms with Gasteiger partial charge in [0.1, 0.15) is 17.5 Å². The number of carbonyl (C=O) groups is 2. The number of nitrogens with zero attached hydrogens (tertiary/aromatic N) is 1. The summed E-state index contributed by atoms with van der Waals surface area (Å²) >= 11 is 0. The van der Waals surface area contributed by atoms with Crippen LogP contribution in [0.15, 0.2) is 42.5 Å². The number of benzene rings is 2. The van der Waals surface area contributed by atoms with E-state index in [0.717, 1.165) is 12.0 Å². The van der Waals surface area contributed by atoms with Gasteiger partial charge in [0, 0.05) is 12.2 Å². The Bertz CT molecular complexity index is 851. The van der Waals surface area contributed by atoms with Crippen LogP contribution in [0.2, 0.25) is 0 Å². The molecule has 1 aliphatic rings. The Morgan fingerprint density at radius 2 is 1.79 bits per heavy atom. The molecule has 2 aromatic rings. The van der Waals surface area contributed by atoms with Crippen molar-refractivity contribution in [2.75, 3.05) is 31.4 Å². The Kier molecular flexibility index (Phi) is 6.03. The van der Waals surface area contributed by atoms with Gasteiger partial charge in [-0.25, -0.2) is 4.79 Å². The summed E-state index contributed by atoms with van der Waals surface area (Å²) in [4.78, 5) is 27.1. The van der Waals surface area contributed by atoms with E-state index in [9.17, 15) is 9.59 Å². The third-order valence-corrected chi connectivity index (χ3v) is 4.77. The van der Waals surface area contributed by atoms with E-state index in [0.29, 0.717) is 35.8 Å². The second-order valence-corrected chi connectivity index (χ2v) is 6.70. The largest absolute Gasteiger partial charge is 0.497 e. The van der Waals surface area contributed by atoms with Gasteiger partial charge in [-0.05, 0) is 61.7 Å². The van der Waals surface area contributed by atoms with Gasteiger partial charge in [-0.2, -0.15) is 0 Å². The van der Waals surface area contributed by atoms with Gasteiger partial charge < -0.3 is 25.0 Å². The molecule has 0 aliphatic carbocycles. The number of urea groups is 1. The molecule has 0 aromatic heterocycles. The fourth-order valence-electron chi connectivity index (χ4n) is 3.29. The highest BCUT2D eigenvalue weighted by Crippen LogP contribution is 2.27. The van der Waals surface area contributed by atoms with Crippen LogP contribution in [-0.2, 0) is 4.79 Å². The van der Waals surface area contributed by atoms with Crippen LogP contribution in [0.4, 0.5) is 16.2 Å². The van der Waals surface area contributed by atoms with Crippen molar-refractivity contribution >= 4 is 23.3 Å². The lowest BCUT2D eigenvalue weighted by Gasteiger charge is -2.24. The summed E-state index contributed by atoms with van der Waals surface area (Å²) in [5, 5.41) is 5.75. The lowest BCUT2D eigenvalue weighted by molar-refractivity contribution is -0.119. The zero-order valence-electron chi connectivity index (χ0n) is 16.3. The first-order chi connectivity index (χ1) is 13.5. The van der Waals surface area contributed by atoms with Crippen molar-refractivity contribution in [2.24, 2.45) is 0 Å². The molecule has 1 atom stereocenters. The average molecular weight is 383 g/mol. The van der Waals surface area contributed by atoms with Crippen molar-refractivity contribution in [2.45, 2.75) is 25.8 Å². The molecule has 2 N–H and O–H groups in total. The Labute approximate surface area is 164 Å². The van der Waals surface area contributed by atoms with Gasteiger partial charge in [0.25, 0.3) is 0 Å². The number of carbonyl (C=O) groups excluding carboxylic acids is 2. The third kappa shape index (κ3) is 4.36. The molecule has 0 spiro atoms. The predicted octanol–water partition coefficient (Wildman–Crippen LogP) is 3.65. The number of nitrogens with one attached hydrogen (secondary N) is 2. The molecule has 2 aromatic carbocycles. The smallest absolute Gasteiger partial charge is 0.322 e. The Morgan fingerprint density at radius 1 is 1.04 bits per heavy atom. The molecule has 0 radical (unpaired) electrons. The van der Waals surface area contributed by atoms with Crippen LogP contribution in [0, 0.1) is 6.92 Å². The fourth-order valence-corrected chi connectivity index (χ4v) is 3.29. The minimum Gasteiger partial charge on any atom is -0.497 e. The first kappa shape index (κ1) is 19.5. The molecule has 0 bridgehead atoms. The molecule has 1 saturated heterocycles. The Balaban J connectivity index is 1.68. The SMILES string of the molecule is COc1ccc(NC(=O)N2CCC[C@H]2C(=O)Nc2cc(C)ccc2OC)cc1. The summed E-state index contributed by atoms with van der Waals surface area (Å²) in [6.45, 7) is 2.48. The van der Waals surface area contributed by atoms with Gasteiger partial charge in [-0.15, -0.1) is 0 Å².